The molecule has 2 rings (SSSR count). The molecule has 0 aliphatic carbocycles. The van der Waals surface area contributed by atoms with Gasteiger partial charge in [0.1, 0.15) is 11.0 Å². The van der Waals surface area contributed by atoms with Gasteiger partial charge in [-0.3, -0.25) is 9.78 Å². The van der Waals surface area contributed by atoms with Crippen molar-refractivity contribution in [1.29, 1.82) is 0 Å². The third kappa shape index (κ3) is 2.71. The fraction of sp³-hybridized carbons (Fsp3) is 0.231. The largest absolute Gasteiger partial charge is 0.334 e. The standard InChI is InChI=1S/C13H11BrClFN2O2/c1-2-3-8-11(15)17-13(20)18(12(8)19)10-6-7(16)4-5-9(10)14/h4-6H,2-3H2,1H3,(H,17,20). The van der Waals surface area contributed by atoms with Crippen LogP contribution in [0.2, 0.25) is 5.15 Å². The predicted octanol–water partition coefficient (Wildman–Crippen LogP) is 3.03. The number of hydrogen-bond acceptors (Lipinski definition) is 2. The number of rotatable bonds is 3. The lowest BCUT2D eigenvalue weighted by atomic mass is 10.2. The number of aromatic nitrogens is 2. The van der Waals surface area contributed by atoms with E-state index < -0.39 is 17.1 Å². The molecule has 0 atom stereocenters. The van der Waals surface area contributed by atoms with Gasteiger partial charge in [0.05, 0.1) is 11.3 Å². The van der Waals surface area contributed by atoms with E-state index in [-0.39, 0.29) is 10.8 Å². The molecule has 0 saturated heterocycles. The molecule has 0 aliphatic heterocycles. The fourth-order valence-electron chi connectivity index (χ4n) is 1.89. The lowest BCUT2D eigenvalue weighted by Crippen LogP contribution is -2.36. The highest BCUT2D eigenvalue weighted by Gasteiger charge is 2.15. The Morgan fingerprint density at radius 3 is 2.75 bits per heavy atom. The van der Waals surface area contributed by atoms with E-state index in [1.165, 1.54) is 12.1 Å². The smallest absolute Gasteiger partial charge is 0.297 e. The van der Waals surface area contributed by atoms with Crippen LogP contribution in [0.1, 0.15) is 18.9 Å². The third-order valence-corrected chi connectivity index (χ3v) is 3.79. The second-order valence-electron chi connectivity index (χ2n) is 4.21. The van der Waals surface area contributed by atoms with Crippen molar-refractivity contribution in [3.05, 3.63) is 60.0 Å². The summed E-state index contributed by atoms with van der Waals surface area (Å²) in [5.41, 5.74) is -0.784. The molecular formula is C13H11BrClFN2O2. The summed E-state index contributed by atoms with van der Waals surface area (Å²) in [5.74, 6) is -0.540. The third-order valence-electron chi connectivity index (χ3n) is 2.80. The van der Waals surface area contributed by atoms with Crippen LogP contribution in [0.3, 0.4) is 0 Å². The fourth-order valence-corrected chi connectivity index (χ4v) is 2.57. The Bertz CT molecular complexity index is 770. The summed E-state index contributed by atoms with van der Waals surface area (Å²) < 4.78 is 14.7. The van der Waals surface area contributed by atoms with Gasteiger partial charge < -0.3 is 0 Å². The van der Waals surface area contributed by atoms with Gasteiger partial charge in [-0.15, -0.1) is 0 Å². The number of H-pyrrole nitrogens is 1. The minimum Gasteiger partial charge on any atom is -0.297 e. The maximum absolute atomic E-state index is 13.3. The van der Waals surface area contributed by atoms with Crippen LogP contribution in [0.15, 0.2) is 32.3 Å². The van der Waals surface area contributed by atoms with Crippen LogP contribution in [0.5, 0.6) is 0 Å². The van der Waals surface area contributed by atoms with Gasteiger partial charge in [-0.25, -0.2) is 13.8 Å². The van der Waals surface area contributed by atoms with E-state index in [9.17, 15) is 14.0 Å². The predicted molar refractivity (Wildman–Crippen MR) is 79.3 cm³/mol. The molecule has 0 aliphatic rings. The molecule has 4 nitrogen and oxygen atoms in total. The van der Waals surface area contributed by atoms with Crippen LogP contribution in [0.4, 0.5) is 4.39 Å². The van der Waals surface area contributed by atoms with Gasteiger partial charge in [0.15, 0.2) is 0 Å². The maximum Gasteiger partial charge on any atom is 0.334 e. The Labute approximate surface area is 127 Å². The molecule has 0 spiro atoms. The molecule has 0 radical (unpaired) electrons. The van der Waals surface area contributed by atoms with E-state index in [2.05, 4.69) is 20.9 Å². The van der Waals surface area contributed by atoms with Crippen molar-refractivity contribution >= 4 is 27.5 Å². The number of aromatic amines is 1. The Morgan fingerprint density at radius 1 is 1.40 bits per heavy atom. The van der Waals surface area contributed by atoms with Crippen molar-refractivity contribution in [2.24, 2.45) is 0 Å². The number of halogens is 3. The van der Waals surface area contributed by atoms with E-state index in [0.717, 1.165) is 10.6 Å². The van der Waals surface area contributed by atoms with Gasteiger partial charge >= 0.3 is 5.69 Å². The molecule has 0 amide bonds. The number of benzene rings is 1. The number of hydrogen-bond donors (Lipinski definition) is 1. The van der Waals surface area contributed by atoms with Crippen LogP contribution in [0.25, 0.3) is 5.69 Å². The average Bonchev–Trinajstić information content (AvgIpc) is 2.38. The second-order valence-corrected chi connectivity index (χ2v) is 5.44. The zero-order chi connectivity index (χ0) is 14.9. The molecule has 0 bridgehead atoms. The zero-order valence-corrected chi connectivity index (χ0v) is 12.9. The van der Waals surface area contributed by atoms with Crippen LogP contribution in [0, 0.1) is 5.82 Å². The van der Waals surface area contributed by atoms with Gasteiger partial charge in [0.25, 0.3) is 5.56 Å². The molecule has 7 heteroatoms. The Hall–Kier alpha value is -1.40. The molecule has 1 aromatic heterocycles. The van der Waals surface area contributed by atoms with Crippen molar-refractivity contribution in [2.75, 3.05) is 0 Å². The first-order chi connectivity index (χ1) is 9.45. The first-order valence-corrected chi connectivity index (χ1v) is 7.12. The molecule has 106 valence electrons. The lowest BCUT2D eigenvalue weighted by molar-refractivity contribution is 0.625. The monoisotopic (exact) mass is 360 g/mol. The SMILES string of the molecule is CCCc1c(Cl)[nH]c(=O)n(-c2cc(F)ccc2Br)c1=O. The molecule has 1 aromatic carbocycles. The molecule has 1 N–H and O–H groups in total. The Morgan fingerprint density at radius 2 is 2.10 bits per heavy atom. The molecule has 0 fully saturated rings. The van der Waals surface area contributed by atoms with E-state index in [1.807, 2.05) is 6.92 Å². The van der Waals surface area contributed by atoms with Gasteiger partial charge in [0.2, 0.25) is 0 Å². The first-order valence-electron chi connectivity index (χ1n) is 5.94. The van der Waals surface area contributed by atoms with Crippen LogP contribution < -0.4 is 11.2 Å². The maximum atomic E-state index is 13.3. The van der Waals surface area contributed by atoms with E-state index in [4.69, 9.17) is 11.6 Å². The highest BCUT2D eigenvalue weighted by Crippen LogP contribution is 2.20. The molecule has 1 heterocycles. The summed E-state index contributed by atoms with van der Waals surface area (Å²) in [6, 6.07) is 3.78. The summed E-state index contributed by atoms with van der Waals surface area (Å²) in [7, 11) is 0. The Kier molecular flexibility index (Phi) is 4.45. The van der Waals surface area contributed by atoms with Crippen molar-refractivity contribution < 1.29 is 4.39 Å². The molecule has 0 unspecified atom stereocenters. The van der Waals surface area contributed by atoms with Crippen LogP contribution in [-0.2, 0) is 6.42 Å². The van der Waals surface area contributed by atoms with Gasteiger partial charge in [0, 0.05) is 4.47 Å². The Balaban J connectivity index is 2.81. The topological polar surface area (TPSA) is 54.9 Å². The second kappa shape index (κ2) is 5.93. The normalized spacial score (nSPS) is 10.8. The summed E-state index contributed by atoms with van der Waals surface area (Å²) >= 11 is 9.09. The number of nitrogens with zero attached hydrogens (tertiary/aromatic N) is 1. The van der Waals surface area contributed by atoms with E-state index in [1.54, 1.807) is 0 Å². The van der Waals surface area contributed by atoms with Crippen LogP contribution >= 0.6 is 27.5 Å². The lowest BCUT2D eigenvalue weighted by Gasteiger charge is -2.10. The van der Waals surface area contributed by atoms with E-state index >= 15 is 0 Å². The molecule has 2 aromatic rings. The van der Waals surface area contributed by atoms with Crippen molar-refractivity contribution in [1.82, 2.24) is 9.55 Å². The average molecular weight is 362 g/mol. The van der Waals surface area contributed by atoms with Gasteiger partial charge in [-0.05, 0) is 40.5 Å². The van der Waals surface area contributed by atoms with Gasteiger partial charge in [-0.1, -0.05) is 24.9 Å². The zero-order valence-electron chi connectivity index (χ0n) is 10.5. The molecule has 20 heavy (non-hydrogen) atoms. The minimum atomic E-state index is -0.703. The molecular weight excluding hydrogens is 351 g/mol. The van der Waals surface area contributed by atoms with Crippen LogP contribution in [-0.4, -0.2) is 9.55 Å². The highest BCUT2D eigenvalue weighted by molar-refractivity contribution is 9.10. The van der Waals surface area contributed by atoms with Gasteiger partial charge in [-0.2, -0.15) is 0 Å². The number of nitrogens with one attached hydrogen (secondary N) is 1. The highest BCUT2D eigenvalue weighted by atomic mass is 79.9. The summed E-state index contributed by atoms with van der Waals surface area (Å²) in [4.78, 5) is 26.7. The van der Waals surface area contributed by atoms with E-state index in [0.29, 0.717) is 22.9 Å². The quantitative estimate of drug-likeness (QED) is 0.854. The summed E-state index contributed by atoms with van der Waals surface area (Å²) in [5, 5.41) is 0.0330. The van der Waals surface area contributed by atoms with Crippen molar-refractivity contribution in [3.8, 4) is 5.69 Å². The van der Waals surface area contributed by atoms with Crippen molar-refractivity contribution in [3.63, 3.8) is 0 Å². The first kappa shape index (κ1) is 15.0. The summed E-state index contributed by atoms with van der Waals surface area (Å²) in [6.07, 6.45) is 1.13. The van der Waals surface area contributed by atoms with Crippen molar-refractivity contribution in [2.45, 2.75) is 19.8 Å². The molecule has 0 saturated carbocycles. The minimum absolute atomic E-state index is 0.0330. The summed E-state index contributed by atoms with van der Waals surface area (Å²) in [6.45, 7) is 1.89.